The monoisotopic (exact) mass is 352 g/mol. The van der Waals surface area contributed by atoms with Crippen LogP contribution in [0.3, 0.4) is 0 Å². The van der Waals surface area contributed by atoms with Crippen LogP contribution in [-0.2, 0) is 12.8 Å². The molecule has 136 valence electrons. The molecule has 4 heteroatoms. The fourth-order valence-corrected chi connectivity index (χ4v) is 3.79. The zero-order chi connectivity index (χ0) is 18.5. The summed E-state index contributed by atoms with van der Waals surface area (Å²) in [7, 11) is 0. The molecular formula is C22H24O4. The van der Waals surface area contributed by atoms with E-state index in [1.165, 1.54) is 0 Å². The van der Waals surface area contributed by atoms with Gasteiger partial charge in [-0.15, -0.1) is 0 Å². The van der Waals surface area contributed by atoms with Gasteiger partial charge in [0.1, 0.15) is 35.2 Å². The fraction of sp³-hybridized carbons (Fsp3) is 0.364. The molecule has 0 saturated heterocycles. The fourth-order valence-electron chi connectivity index (χ4n) is 3.79. The predicted molar refractivity (Wildman–Crippen MR) is 102 cm³/mol. The maximum Gasteiger partial charge on any atom is 0.133 e. The number of benzene rings is 2. The third-order valence-electron chi connectivity index (χ3n) is 5.27. The van der Waals surface area contributed by atoms with Gasteiger partial charge in [0, 0.05) is 27.8 Å². The highest BCUT2D eigenvalue weighted by atomic mass is 16.5. The van der Waals surface area contributed by atoms with Gasteiger partial charge in [-0.25, -0.2) is 0 Å². The van der Waals surface area contributed by atoms with Crippen molar-refractivity contribution in [3.8, 4) is 23.0 Å². The topological polar surface area (TPSA) is 58.9 Å². The molecule has 2 aliphatic rings. The molecule has 0 atom stereocenters. The zero-order valence-corrected chi connectivity index (χ0v) is 15.4. The molecule has 0 unspecified atom stereocenters. The lowest BCUT2D eigenvalue weighted by atomic mass is 9.90. The Labute approximate surface area is 153 Å². The van der Waals surface area contributed by atoms with Crippen molar-refractivity contribution < 1.29 is 19.7 Å². The third-order valence-corrected chi connectivity index (χ3v) is 5.27. The molecule has 0 bridgehead atoms. The van der Waals surface area contributed by atoms with Crippen molar-refractivity contribution in [3.63, 3.8) is 0 Å². The second-order valence-electron chi connectivity index (χ2n) is 7.59. The molecule has 2 N–H and O–H groups in total. The Hall–Kier alpha value is -2.62. The van der Waals surface area contributed by atoms with Gasteiger partial charge in [0.2, 0.25) is 0 Å². The first-order valence-corrected chi connectivity index (χ1v) is 9.12. The van der Waals surface area contributed by atoms with Crippen molar-refractivity contribution in [3.05, 3.63) is 46.5 Å². The van der Waals surface area contributed by atoms with Gasteiger partial charge in [-0.05, 0) is 63.5 Å². The van der Waals surface area contributed by atoms with E-state index < -0.39 is 0 Å². The molecule has 0 fully saturated rings. The van der Waals surface area contributed by atoms with E-state index in [1.54, 1.807) is 12.1 Å². The van der Waals surface area contributed by atoms with Gasteiger partial charge in [-0.2, -0.15) is 0 Å². The van der Waals surface area contributed by atoms with E-state index in [9.17, 15) is 10.2 Å². The molecule has 2 aliphatic heterocycles. The van der Waals surface area contributed by atoms with Crippen LogP contribution >= 0.6 is 0 Å². The highest BCUT2D eigenvalue weighted by molar-refractivity contribution is 5.89. The minimum absolute atomic E-state index is 0.125. The summed E-state index contributed by atoms with van der Waals surface area (Å²) in [6.45, 7) is 6.50. The van der Waals surface area contributed by atoms with Gasteiger partial charge in [-0.1, -0.05) is 6.92 Å². The van der Waals surface area contributed by atoms with Crippen molar-refractivity contribution in [1.29, 1.82) is 0 Å². The number of fused-ring (bicyclic) bond motifs is 3. The molecule has 26 heavy (non-hydrogen) atoms. The first-order valence-electron chi connectivity index (χ1n) is 9.12. The van der Waals surface area contributed by atoms with E-state index in [4.69, 9.17) is 9.47 Å². The number of hydrogen-bond acceptors (Lipinski definition) is 4. The Balaban J connectivity index is 1.76. The van der Waals surface area contributed by atoms with Crippen molar-refractivity contribution >= 4 is 11.6 Å². The summed E-state index contributed by atoms with van der Waals surface area (Å²) >= 11 is 0. The van der Waals surface area contributed by atoms with E-state index in [0.29, 0.717) is 24.2 Å². The van der Waals surface area contributed by atoms with E-state index >= 15 is 0 Å². The number of phenols is 2. The average molecular weight is 352 g/mol. The van der Waals surface area contributed by atoms with E-state index in [0.717, 1.165) is 41.0 Å². The summed E-state index contributed by atoms with van der Waals surface area (Å²) in [4.78, 5) is 0. The van der Waals surface area contributed by atoms with E-state index in [1.807, 2.05) is 19.1 Å². The number of aromatic hydroxyl groups is 2. The minimum Gasteiger partial charge on any atom is -0.508 e. The van der Waals surface area contributed by atoms with Crippen LogP contribution < -0.4 is 9.47 Å². The lowest BCUT2D eigenvalue weighted by molar-refractivity contribution is 0.0834. The summed E-state index contributed by atoms with van der Waals surface area (Å²) < 4.78 is 12.2. The average Bonchev–Trinajstić information content (AvgIpc) is 2.60. The molecule has 0 saturated carbocycles. The minimum atomic E-state index is -0.148. The molecule has 0 aliphatic carbocycles. The molecule has 4 nitrogen and oxygen atoms in total. The van der Waals surface area contributed by atoms with E-state index in [-0.39, 0.29) is 17.1 Å². The molecule has 0 aromatic heterocycles. The molecule has 4 rings (SSSR count). The molecule has 0 radical (unpaired) electrons. The van der Waals surface area contributed by atoms with Gasteiger partial charge >= 0.3 is 0 Å². The zero-order valence-electron chi connectivity index (χ0n) is 15.4. The van der Waals surface area contributed by atoms with Gasteiger partial charge in [0.25, 0.3) is 0 Å². The van der Waals surface area contributed by atoms with Gasteiger partial charge in [0.15, 0.2) is 0 Å². The van der Waals surface area contributed by atoms with Crippen molar-refractivity contribution in [1.82, 2.24) is 0 Å². The normalized spacial score (nSPS) is 17.4. The summed E-state index contributed by atoms with van der Waals surface area (Å²) in [5, 5.41) is 20.5. The molecule has 0 spiro atoms. The summed E-state index contributed by atoms with van der Waals surface area (Å²) in [5.41, 5.74) is 4.16. The van der Waals surface area contributed by atoms with Gasteiger partial charge < -0.3 is 19.7 Å². The SMILES string of the molecule is CCc1c(O)ccc(C2=Cc3ccc4c(c3OC2)CCC(C)(C)O4)c1O. The van der Waals surface area contributed by atoms with Crippen LogP contribution in [0, 0.1) is 0 Å². The van der Waals surface area contributed by atoms with Crippen molar-refractivity contribution in [2.75, 3.05) is 6.61 Å². The first kappa shape index (κ1) is 16.8. The van der Waals surface area contributed by atoms with Crippen LogP contribution in [0.4, 0.5) is 0 Å². The predicted octanol–water partition coefficient (Wildman–Crippen LogP) is 4.70. The largest absolute Gasteiger partial charge is 0.508 e. The van der Waals surface area contributed by atoms with Crippen LogP contribution in [0.2, 0.25) is 0 Å². The number of rotatable bonds is 2. The lowest BCUT2D eigenvalue weighted by Crippen LogP contribution is -2.33. The number of phenolic OH excluding ortho intramolecular Hbond substituents is 2. The second kappa shape index (κ2) is 5.97. The summed E-state index contributed by atoms with van der Waals surface area (Å²) in [6.07, 6.45) is 4.51. The molecule has 2 aromatic rings. The lowest BCUT2D eigenvalue weighted by Gasteiger charge is -2.34. The standard InChI is InChI=1S/C22H24O4/c1-4-15-18(23)7-6-16(20(15)24)14-11-13-5-8-19-17(21(13)25-12-14)9-10-22(2,3)26-19/h5-8,11,23-24H,4,9-10,12H2,1-3H3. The van der Waals surface area contributed by atoms with Crippen LogP contribution in [-0.4, -0.2) is 22.4 Å². The third kappa shape index (κ3) is 2.70. The maximum atomic E-state index is 10.5. The maximum absolute atomic E-state index is 10.5. The summed E-state index contributed by atoms with van der Waals surface area (Å²) in [5.74, 6) is 2.04. The van der Waals surface area contributed by atoms with E-state index in [2.05, 4.69) is 19.9 Å². The highest BCUT2D eigenvalue weighted by Gasteiger charge is 2.30. The Kier molecular flexibility index (Phi) is 3.87. The molecule has 2 aromatic carbocycles. The van der Waals surface area contributed by atoms with Crippen LogP contribution in [0.25, 0.3) is 11.6 Å². The highest BCUT2D eigenvalue weighted by Crippen LogP contribution is 2.44. The Morgan fingerprint density at radius 3 is 2.69 bits per heavy atom. The quantitative estimate of drug-likeness (QED) is 0.823. The first-order chi connectivity index (χ1) is 12.4. The number of ether oxygens (including phenoxy) is 2. The van der Waals surface area contributed by atoms with Crippen molar-refractivity contribution in [2.24, 2.45) is 0 Å². The van der Waals surface area contributed by atoms with Gasteiger partial charge in [0.05, 0.1) is 0 Å². The Morgan fingerprint density at radius 2 is 1.92 bits per heavy atom. The van der Waals surface area contributed by atoms with Crippen molar-refractivity contribution in [2.45, 2.75) is 45.6 Å². The Morgan fingerprint density at radius 1 is 1.12 bits per heavy atom. The smallest absolute Gasteiger partial charge is 0.133 e. The van der Waals surface area contributed by atoms with Gasteiger partial charge in [-0.3, -0.25) is 0 Å². The molecular weight excluding hydrogens is 328 g/mol. The van der Waals surface area contributed by atoms with Crippen LogP contribution in [0.15, 0.2) is 24.3 Å². The second-order valence-corrected chi connectivity index (χ2v) is 7.59. The Bertz CT molecular complexity index is 909. The molecule has 2 heterocycles. The van der Waals surface area contributed by atoms with Crippen LogP contribution in [0.5, 0.6) is 23.0 Å². The molecule has 0 amide bonds. The summed E-state index contributed by atoms with van der Waals surface area (Å²) in [6, 6.07) is 7.39. The van der Waals surface area contributed by atoms with Crippen LogP contribution in [0.1, 0.15) is 49.4 Å². The number of hydrogen-bond donors (Lipinski definition) is 2.